The lowest BCUT2D eigenvalue weighted by Gasteiger charge is -2.06. The number of aliphatic carboxylic acids is 1. The monoisotopic (exact) mass is 417 g/mol. The standard InChI is InChI=1S/C19H16ClN3O4S/c20-14-3-1-2-13(8-14)11-27-15-6-4-12(5-7-15)10-21-23-19-22-18(26)16(28-19)9-17(24)25/h1-8,10,16H,9,11H2,(H,24,25)(H,22,23,26). The van der Waals surface area contributed by atoms with Gasteiger partial charge in [-0.3, -0.25) is 9.59 Å². The number of hydrogen-bond acceptors (Lipinski definition) is 6. The Bertz CT molecular complexity index is 931. The normalized spacial score (nSPS) is 17.8. The first-order chi connectivity index (χ1) is 13.5. The van der Waals surface area contributed by atoms with Gasteiger partial charge in [-0.1, -0.05) is 35.5 Å². The number of benzene rings is 2. The molecule has 1 unspecified atom stereocenters. The maximum Gasteiger partial charge on any atom is 0.305 e. The summed E-state index contributed by atoms with van der Waals surface area (Å²) in [6.45, 7) is 0.413. The van der Waals surface area contributed by atoms with Gasteiger partial charge >= 0.3 is 5.97 Å². The van der Waals surface area contributed by atoms with E-state index in [0.29, 0.717) is 17.4 Å². The van der Waals surface area contributed by atoms with Crippen molar-refractivity contribution in [1.29, 1.82) is 0 Å². The predicted molar refractivity (Wildman–Crippen MR) is 109 cm³/mol. The second-order valence-electron chi connectivity index (χ2n) is 5.83. The maximum atomic E-state index is 11.6. The van der Waals surface area contributed by atoms with Crippen molar-refractivity contribution in [2.75, 3.05) is 0 Å². The smallest absolute Gasteiger partial charge is 0.305 e. The molecule has 0 radical (unpaired) electrons. The Morgan fingerprint density at radius 1 is 1.29 bits per heavy atom. The van der Waals surface area contributed by atoms with E-state index in [-0.39, 0.29) is 17.5 Å². The van der Waals surface area contributed by atoms with Crippen molar-refractivity contribution in [2.24, 2.45) is 10.2 Å². The molecule has 1 atom stereocenters. The second kappa shape index (κ2) is 9.38. The van der Waals surface area contributed by atoms with Crippen LogP contribution in [0, 0.1) is 0 Å². The highest BCUT2D eigenvalue weighted by Crippen LogP contribution is 2.22. The van der Waals surface area contributed by atoms with Crippen molar-refractivity contribution in [1.82, 2.24) is 5.32 Å². The van der Waals surface area contributed by atoms with Gasteiger partial charge in [0.25, 0.3) is 0 Å². The number of carboxylic acids is 1. The number of rotatable bonds is 7. The molecule has 0 bridgehead atoms. The molecular formula is C19H16ClN3O4S. The molecule has 2 aromatic rings. The van der Waals surface area contributed by atoms with Gasteiger partial charge in [-0.15, -0.1) is 5.10 Å². The minimum Gasteiger partial charge on any atom is -0.489 e. The van der Waals surface area contributed by atoms with E-state index in [0.717, 1.165) is 22.9 Å². The molecule has 0 spiro atoms. The number of halogens is 1. The fraction of sp³-hybridized carbons (Fsp3) is 0.158. The van der Waals surface area contributed by atoms with Gasteiger partial charge in [-0.05, 0) is 47.5 Å². The zero-order chi connectivity index (χ0) is 19.9. The van der Waals surface area contributed by atoms with Crippen LogP contribution in [0.5, 0.6) is 5.75 Å². The lowest BCUT2D eigenvalue weighted by Crippen LogP contribution is -2.26. The Hall–Kier alpha value is -2.84. The molecule has 28 heavy (non-hydrogen) atoms. The summed E-state index contributed by atoms with van der Waals surface area (Å²) in [5.74, 6) is -0.698. The summed E-state index contributed by atoms with van der Waals surface area (Å²) in [6.07, 6.45) is 1.28. The summed E-state index contributed by atoms with van der Waals surface area (Å²) < 4.78 is 5.71. The van der Waals surface area contributed by atoms with Gasteiger partial charge in [0.1, 0.15) is 17.6 Å². The van der Waals surface area contributed by atoms with E-state index in [1.807, 2.05) is 48.5 Å². The molecule has 9 heteroatoms. The van der Waals surface area contributed by atoms with Crippen LogP contribution in [-0.4, -0.2) is 33.6 Å². The fourth-order valence-corrected chi connectivity index (χ4v) is 3.46. The Morgan fingerprint density at radius 2 is 2.07 bits per heavy atom. The average molecular weight is 418 g/mol. The van der Waals surface area contributed by atoms with E-state index in [9.17, 15) is 9.59 Å². The third kappa shape index (κ3) is 5.83. The zero-order valence-corrected chi connectivity index (χ0v) is 16.1. The van der Waals surface area contributed by atoms with Crippen molar-refractivity contribution in [3.05, 3.63) is 64.7 Å². The van der Waals surface area contributed by atoms with Crippen LogP contribution in [0.3, 0.4) is 0 Å². The predicted octanol–water partition coefficient (Wildman–Crippen LogP) is 3.32. The number of carbonyl (C=O) groups is 2. The number of carbonyl (C=O) groups excluding carboxylic acids is 1. The van der Waals surface area contributed by atoms with E-state index < -0.39 is 11.2 Å². The van der Waals surface area contributed by atoms with Crippen molar-refractivity contribution < 1.29 is 19.4 Å². The summed E-state index contributed by atoms with van der Waals surface area (Å²) in [6, 6.07) is 14.7. The summed E-state index contributed by atoms with van der Waals surface area (Å²) in [4.78, 5) is 22.3. The molecule has 0 aromatic heterocycles. The molecule has 1 saturated heterocycles. The Labute approximate surface area is 170 Å². The van der Waals surface area contributed by atoms with E-state index in [1.54, 1.807) is 0 Å². The molecule has 0 saturated carbocycles. The van der Waals surface area contributed by atoms with E-state index in [2.05, 4.69) is 15.5 Å². The molecule has 1 amide bonds. The summed E-state index contributed by atoms with van der Waals surface area (Å²) in [7, 11) is 0. The quantitative estimate of drug-likeness (QED) is 0.531. The number of nitrogens with one attached hydrogen (secondary N) is 1. The number of carboxylic acid groups (broad SMARTS) is 1. The minimum absolute atomic E-state index is 0.254. The van der Waals surface area contributed by atoms with Gasteiger partial charge in [0.2, 0.25) is 5.91 Å². The number of thioether (sulfide) groups is 1. The van der Waals surface area contributed by atoms with E-state index >= 15 is 0 Å². The van der Waals surface area contributed by atoms with Crippen molar-refractivity contribution >= 4 is 46.6 Å². The molecule has 1 heterocycles. The zero-order valence-electron chi connectivity index (χ0n) is 14.5. The second-order valence-corrected chi connectivity index (χ2v) is 7.46. The highest BCUT2D eigenvalue weighted by Gasteiger charge is 2.32. The van der Waals surface area contributed by atoms with Gasteiger partial charge in [-0.2, -0.15) is 5.10 Å². The number of amidine groups is 1. The van der Waals surface area contributed by atoms with Crippen LogP contribution in [0.1, 0.15) is 17.5 Å². The topological polar surface area (TPSA) is 100 Å². The lowest BCUT2D eigenvalue weighted by molar-refractivity contribution is -0.138. The van der Waals surface area contributed by atoms with Crippen molar-refractivity contribution in [3.8, 4) is 5.75 Å². The molecule has 144 valence electrons. The van der Waals surface area contributed by atoms with Gasteiger partial charge < -0.3 is 15.2 Å². The molecule has 0 aliphatic carbocycles. The fourth-order valence-electron chi connectivity index (χ4n) is 2.34. The largest absolute Gasteiger partial charge is 0.489 e. The molecule has 1 aliphatic heterocycles. The molecule has 1 aliphatic rings. The molecule has 1 fully saturated rings. The number of nitrogens with zero attached hydrogens (tertiary/aromatic N) is 2. The third-order valence-electron chi connectivity index (χ3n) is 3.67. The third-order valence-corrected chi connectivity index (χ3v) is 4.97. The first-order valence-electron chi connectivity index (χ1n) is 8.27. The minimum atomic E-state index is -1.03. The Balaban J connectivity index is 1.52. The van der Waals surface area contributed by atoms with Crippen LogP contribution in [-0.2, 0) is 16.2 Å². The van der Waals surface area contributed by atoms with E-state index in [1.165, 1.54) is 6.21 Å². The van der Waals surface area contributed by atoms with Gasteiger partial charge in [0.15, 0.2) is 5.17 Å². The van der Waals surface area contributed by atoms with E-state index in [4.69, 9.17) is 21.4 Å². The lowest BCUT2D eigenvalue weighted by atomic mass is 10.2. The van der Waals surface area contributed by atoms with Crippen molar-refractivity contribution in [2.45, 2.75) is 18.3 Å². The SMILES string of the molecule is O=C(O)CC1S/C(=N/N=Cc2ccc(OCc3cccc(Cl)c3)cc2)NC1=O. The van der Waals surface area contributed by atoms with Crippen LogP contribution in [0.2, 0.25) is 5.02 Å². The highest BCUT2D eigenvalue weighted by atomic mass is 35.5. The molecular weight excluding hydrogens is 402 g/mol. The van der Waals surface area contributed by atoms with Crippen LogP contribution in [0.4, 0.5) is 0 Å². The summed E-state index contributed by atoms with van der Waals surface area (Å²) in [5.41, 5.74) is 1.78. The van der Waals surface area contributed by atoms with Crippen molar-refractivity contribution in [3.63, 3.8) is 0 Å². The maximum absolute atomic E-state index is 11.6. The number of amides is 1. The average Bonchev–Trinajstić information content (AvgIpc) is 3.00. The molecule has 2 aromatic carbocycles. The summed E-state index contributed by atoms with van der Waals surface area (Å²) in [5, 5.41) is 19.4. The van der Waals surface area contributed by atoms with Crippen LogP contribution >= 0.6 is 23.4 Å². The molecule has 2 N–H and O–H groups in total. The Kier molecular flexibility index (Phi) is 6.67. The Morgan fingerprint density at radius 3 is 2.79 bits per heavy atom. The number of hydrogen-bond donors (Lipinski definition) is 2. The molecule has 3 rings (SSSR count). The highest BCUT2D eigenvalue weighted by molar-refractivity contribution is 8.15. The van der Waals surface area contributed by atoms with Crippen LogP contribution < -0.4 is 10.1 Å². The first kappa shape index (κ1) is 19.9. The van der Waals surface area contributed by atoms with Gasteiger partial charge in [0.05, 0.1) is 12.6 Å². The van der Waals surface area contributed by atoms with Crippen LogP contribution in [0.15, 0.2) is 58.7 Å². The van der Waals surface area contributed by atoms with Gasteiger partial charge in [-0.25, -0.2) is 0 Å². The molecule has 7 nitrogen and oxygen atoms in total. The summed E-state index contributed by atoms with van der Waals surface area (Å²) >= 11 is 7.01. The first-order valence-corrected chi connectivity index (χ1v) is 9.53. The number of ether oxygens (including phenoxy) is 1. The van der Waals surface area contributed by atoms with Gasteiger partial charge in [0, 0.05) is 5.02 Å². The van der Waals surface area contributed by atoms with Crippen LogP contribution in [0.25, 0.3) is 0 Å².